The van der Waals surface area contributed by atoms with Gasteiger partial charge in [-0.1, -0.05) is 18.2 Å². The Morgan fingerprint density at radius 3 is 2.90 bits per heavy atom. The topological polar surface area (TPSA) is 99.5 Å². The highest BCUT2D eigenvalue weighted by Gasteiger charge is 2.29. The van der Waals surface area contributed by atoms with Crippen LogP contribution in [0.5, 0.6) is 0 Å². The van der Waals surface area contributed by atoms with Crippen molar-refractivity contribution in [1.82, 2.24) is 25.5 Å². The molecule has 1 saturated heterocycles. The molecule has 20 heavy (non-hydrogen) atoms. The number of aliphatic hydroxyl groups excluding tert-OH is 1. The molecule has 3 N–H and O–H groups in total. The fourth-order valence-corrected chi connectivity index (χ4v) is 2.07. The van der Waals surface area contributed by atoms with E-state index >= 15 is 0 Å². The summed E-state index contributed by atoms with van der Waals surface area (Å²) in [7, 11) is 0. The third-order valence-electron chi connectivity index (χ3n) is 3.09. The Morgan fingerprint density at radius 2 is 2.05 bits per heavy atom. The predicted octanol–water partition coefficient (Wildman–Crippen LogP) is -0.589. The molecule has 0 bridgehead atoms. The highest BCUT2D eigenvalue weighted by atomic mass is 16.3. The molecule has 2 heterocycles. The SMILES string of the molecule is O=C1NC(=O)N(CCn2ncc3ccccc32)NC1O. The van der Waals surface area contributed by atoms with Gasteiger partial charge in [-0.15, -0.1) is 0 Å². The highest BCUT2D eigenvalue weighted by Crippen LogP contribution is 2.12. The van der Waals surface area contributed by atoms with Crippen LogP contribution < -0.4 is 10.7 Å². The van der Waals surface area contributed by atoms with Gasteiger partial charge in [-0.25, -0.2) is 4.79 Å². The van der Waals surface area contributed by atoms with Crippen molar-refractivity contribution in [1.29, 1.82) is 0 Å². The smallest absolute Gasteiger partial charge is 0.338 e. The number of imide groups is 1. The fraction of sp³-hybridized carbons (Fsp3) is 0.250. The van der Waals surface area contributed by atoms with Crippen LogP contribution in [0.4, 0.5) is 4.79 Å². The second-order valence-corrected chi connectivity index (χ2v) is 4.40. The van der Waals surface area contributed by atoms with E-state index in [9.17, 15) is 14.7 Å². The number of carbonyl (C=O) groups excluding carboxylic acids is 2. The number of para-hydroxylation sites is 1. The van der Waals surface area contributed by atoms with E-state index in [1.54, 1.807) is 10.9 Å². The molecule has 8 heteroatoms. The van der Waals surface area contributed by atoms with Crippen LogP contribution in [0.25, 0.3) is 10.9 Å². The number of carbonyl (C=O) groups is 2. The second kappa shape index (κ2) is 4.91. The van der Waals surface area contributed by atoms with Gasteiger partial charge in [0.05, 0.1) is 24.8 Å². The molecular formula is C12H13N5O3. The van der Waals surface area contributed by atoms with Gasteiger partial charge in [0.15, 0.2) is 0 Å². The number of amides is 3. The van der Waals surface area contributed by atoms with E-state index in [1.165, 1.54) is 0 Å². The van der Waals surface area contributed by atoms with Crippen LogP contribution in [-0.2, 0) is 11.3 Å². The fourth-order valence-electron chi connectivity index (χ4n) is 2.07. The van der Waals surface area contributed by atoms with Crippen LogP contribution in [0.15, 0.2) is 30.5 Å². The normalized spacial score (nSPS) is 19.4. The minimum Gasteiger partial charge on any atom is -0.369 e. The molecule has 1 aliphatic rings. The number of nitrogens with one attached hydrogen (secondary N) is 2. The van der Waals surface area contributed by atoms with Gasteiger partial charge in [0.25, 0.3) is 5.91 Å². The van der Waals surface area contributed by atoms with Crippen LogP contribution in [0, 0.1) is 0 Å². The molecule has 1 aromatic carbocycles. The first-order valence-corrected chi connectivity index (χ1v) is 6.12. The number of benzene rings is 1. The summed E-state index contributed by atoms with van der Waals surface area (Å²) in [6, 6.07) is 7.14. The number of aromatic nitrogens is 2. The average Bonchev–Trinajstić information content (AvgIpc) is 2.85. The molecule has 2 aromatic rings. The highest BCUT2D eigenvalue weighted by molar-refractivity contribution is 5.98. The Morgan fingerprint density at radius 1 is 1.25 bits per heavy atom. The summed E-state index contributed by atoms with van der Waals surface area (Å²) < 4.78 is 1.76. The molecule has 0 radical (unpaired) electrons. The third-order valence-corrected chi connectivity index (χ3v) is 3.09. The van der Waals surface area contributed by atoms with Gasteiger partial charge in [0, 0.05) is 5.39 Å². The molecule has 104 valence electrons. The number of aliphatic hydroxyl groups is 1. The molecule has 0 spiro atoms. The first-order valence-electron chi connectivity index (χ1n) is 6.12. The molecule has 0 saturated carbocycles. The van der Waals surface area contributed by atoms with Crippen molar-refractivity contribution >= 4 is 22.8 Å². The maximum Gasteiger partial charge on any atom is 0.338 e. The molecule has 1 aliphatic heterocycles. The lowest BCUT2D eigenvalue weighted by atomic mass is 10.2. The number of hydrazine groups is 1. The minimum atomic E-state index is -1.41. The minimum absolute atomic E-state index is 0.266. The number of hydrogen-bond acceptors (Lipinski definition) is 5. The number of rotatable bonds is 3. The van der Waals surface area contributed by atoms with Gasteiger partial charge in [0.1, 0.15) is 0 Å². The average molecular weight is 275 g/mol. The summed E-state index contributed by atoms with van der Waals surface area (Å²) in [6.45, 7) is 0.705. The van der Waals surface area contributed by atoms with Gasteiger partial charge in [0.2, 0.25) is 6.23 Å². The van der Waals surface area contributed by atoms with E-state index in [4.69, 9.17) is 0 Å². The predicted molar refractivity (Wildman–Crippen MR) is 69.1 cm³/mol. The van der Waals surface area contributed by atoms with Crippen molar-refractivity contribution in [2.24, 2.45) is 0 Å². The van der Waals surface area contributed by atoms with E-state index < -0.39 is 18.2 Å². The summed E-state index contributed by atoms with van der Waals surface area (Å²) in [5, 5.41) is 17.8. The lowest BCUT2D eigenvalue weighted by Gasteiger charge is -2.30. The van der Waals surface area contributed by atoms with E-state index in [0.29, 0.717) is 6.54 Å². The number of urea groups is 1. The monoisotopic (exact) mass is 275 g/mol. The van der Waals surface area contributed by atoms with Gasteiger partial charge < -0.3 is 5.11 Å². The van der Waals surface area contributed by atoms with E-state index in [-0.39, 0.29) is 6.54 Å². The largest absolute Gasteiger partial charge is 0.369 e. The first-order chi connectivity index (χ1) is 9.65. The zero-order valence-corrected chi connectivity index (χ0v) is 10.5. The lowest BCUT2D eigenvalue weighted by Crippen LogP contribution is -2.64. The van der Waals surface area contributed by atoms with E-state index in [1.807, 2.05) is 24.3 Å². The van der Waals surface area contributed by atoms with Crippen LogP contribution in [0.1, 0.15) is 0 Å². The third kappa shape index (κ3) is 2.22. The van der Waals surface area contributed by atoms with Crippen molar-refractivity contribution < 1.29 is 14.7 Å². The summed E-state index contributed by atoms with van der Waals surface area (Å²) >= 11 is 0. The quantitative estimate of drug-likeness (QED) is 0.695. The summed E-state index contributed by atoms with van der Waals surface area (Å²) in [4.78, 5) is 22.6. The Kier molecular flexibility index (Phi) is 3.09. The number of nitrogens with zero attached hydrogens (tertiary/aromatic N) is 3. The van der Waals surface area contributed by atoms with Crippen LogP contribution >= 0.6 is 0 Å². The molecule has 3 rings (SSSR count). The van der Waals surface area contributed by atoms with Crippen molar-refractivity contribution in [2.75, 3.05) is 6.54 Å². The van der Waals surface area contributed by atoms with Crippen molar-refractivity contribution in [2.45, 2.75) is 12.8 Å². The van der Waals surface area contributed by atoms with Gasteiger partial charge >= 0.3 is 6.03 Å². The van der Waals surface area contributed by atoms with Crippen LogP contribution in [0.2, 0.25) is 0 Å². The summed E-state index contributed by atoms with van der Waals surface area (Å²) in [5.74, 6) is -0.754. The Balaban J connectivity index is 1.70. The van der Waals surface area contributed by atoms with Crippen molar-refractivity contribution in [3.05, 3.63) is 30.5 Å². The molecule has 3 amide bonds. The Bertz CT molecular complexity index is 668. The summed E-state index contributed by atoms with van der Waals surface area (Å²) in [5.41, 5.74) is 3.37. The van der Waals surface area contributed by atoms with Crippen LogP contribution in [0.3, 0.4) is 0 Å². The molecule has 8 nitrogen and oxygen atoms in total. The standard InChI is InChI=1S/C12H13N5O3/c18-10-11(19)15-17(12(20)14-10)6-5-16-9-4-2-1-3-8(9)7-13-16/h1-4,7,11,15,19H,5-6H2,(H,14,18,20). The Hall–Kier alpha value is -2.45. The zero-order chi connectivity index (χ0) is 14.1. The zero-order valence-electron chi connectivity index (χ0n) is 10.5. The molecular weight excluding hydrogens is 262 g/mol. The maximum atomic E-state index is 11.6. The van der Waals surface area contributed by atoms with Gasteiger partial charge in [-0.2, -0.15) is 10.5 Å². The Labute approximate surface area is 113 Å². The molecule has 1 aromatic heterocycles. The molecule has 1 atom stereocenters. The number of hydrogen-bond donors (Lipinski definition) is 3. The van der Waals surface area contributed by atoms with E-state index in [0.717, 1.165) is 15.9 Å². The van der Waals surface area contributed by atoms with Gasteiger partial charge in [-0.05, 0) is 6.07 Å². The lowest BCUT2D eigenvalue weighted by molar-refractivity contribution is -0.135. The van der Waals surface area contributed by atoms with Crippen molar-refractivity contribution in [3.8, 4) is 0 Å². The first kappa shape index (κ1) is 12.6. The van der Waals surface area contributed by atoms with Crippen LogP contribution in [-0.4, -0.2) is 44.6 Å². The van der Waals surface area contributed by atoms with Gasteiger partial charge in [-0.3, -0.25) is 19.8 Å². The molecule has 1 fully saturated rings. The number of fused-ring (bicyclic) bond motifs is 1. The molecule has 0 aliphatic carbocycles. The summed E-state index contributed by atoms with van der Waals surface area (Å²) in [6.07, 6.45) is 0.333. The second-order valence-electron chi connectivity index (χ2n) is 4.40. The maximum absolute atomic E-state index is 11.6. The molecule has 1 unspecified atom stereocenters. The van der Waals surface area contributed by atoms with E-state index in [2.05, 4.69) is 15.8 Å². The van der Waals surface area contributed by atoms with Crippen molar-refractivity contribution in [3.63, 3.8) is 0 Å².